The van der Waals surface area contributed by atoms with E-state index in [1.165, 1.54) is 0 Å². The Kier molecular flexibility index (Phi) is 2.98. The third kappa shape index (κ3) is 2.07. The van der Waals surface area contributed by atoms with Gasteiger partial charge in [0.05, 0.1) is 10.7 Å². The van der Waals surface area contributed by atoms with Crippen molar-refractivity contribution in [2.45, 2.75) is 13.5 Å². The average molecular weight is 305 g/mol. The van der Waals surface area contributed by atoms with Crippen LogP contribution in [0.15, 0.2) is 22.0 Å². The van der Waals surface area contributed by atoms with Crippen molar-refractivity contribution in [3.05, 3.63) is 43.2 Å². The van der Waals surface area contributed by atoms with Crippen molar-refractivity contribution in [2.75, 3.05) is 5.73 Å². The maximum Gasteiger partial charge on any atom is 0.288 e. The fourth-order valence-corrected chi connectivity index (χ4v) is 2.83. The van der Waals surface area contributed by atoms with Gasteiger partial charge in [-0.05, 0) is 13.0 Å². The van der Waals surface area contributed by atoms with Gasteiger partial charge in [-0.2, -0.15) is 10.1 Å². The van der Waals surface area contributed by atoms with E-state index in [1.54, 1.807) is 23.2 Å². The van der Waals surface area contributed by atoms with E-state index in [1.807, 2.05) is 6.92 Å². The molecule has 0 fully saturated rings. The molecular weight excluding hydrogens is 294 g/mol. The highest BCUT2D eigenvalue weighted by molar-refractivity contribution is 7.15. The molecule has 0 amide bonds. The highest BCUT2D eigenvalue weighted by Crippen LogP contribution is 2.12. The largest absolute Gasteiger partial charge is 0.492 e. The van der Waals surface area contributed by atoms with E-state index in [0.29, 0.717) is 4.53 Å². The van der Waals surface area contributed by atoms with Crippen LogP contribution in [0.25, 0.3) is 11.0 Å². The number of rotatable bonds is 2. The van der Waals surface area contributed by atoms with Crippen molar-refractivity contribution in [3.63, 3.8) is 0 Å². The number of thiazole rings is 1. The normalized spacial score (nSPS) is 12.3. The Balaban J connectivity index is 2.30. The molecule has 0 atom stereocenters. The van der Waals surface area contributed by atoms with Crippen LogP contribution in [0.2, 0.25) is 0 Å². The molecule has 21 heavy (non-hydrogen) atoms. The molecule has 3 rings (SSSR count). The first kappa shape index (κ1) is 13.3. The zero-order valence-electron chi connectivity index (χ0n) is 11.0. The monoisotopic (exact) mass is 305 g/mol. The molecule has 9 heteroatoms. The summed E-state index contributed by atoms with van der Waals surface area (Å²) in [4.78, 5) is 28.0. The number of aromatic hydroxyl groups is 1. The zero-order valence-corrected chi connectivity index (χ0v) is 11.8. The van der Waals surface area contributed by atoms with Crippen molar-refractivity contribution in [2.24, 2.45) is 0 Å². The standard InChI is InChI=1S/C12H11N5O3S/c1-2-16-5-6(4-14-16)3-7-10(19)17-11(20)8(13)9(18)15-12(17)21-7/h3-5,18H,2,13H2,1H3. The maximum absolute atomic E-state index is 12.2. The molecule has 3 aromatic rings. The minimum Gasteiger partial charge on any atom is -0.492 e. The molecule has 0 saturated heterocycles. The number of nitrogen functional groups attached to an aromatic ring is 1. The number of aryl methyl sites for hydroxylation is 1. The lowest BCUT2D eigenvalue weighted by Gasteiger charge is -1.95. The molecule has 3 N–H and O–H groups in total. The predicted octanol–water partition coefficient (Wildman–Crippen LogP) is -0.832. The minimum atomic E-state index is -0.761. The Bertz CT molecular complexity index is 1000. The van der Waals surface area contributed by atoms with Crippen molar-refractivity contribution in [1.82, 2.24) is 19.2 Å². The fourth-order valence-electron chi connectivity index (χ4n) is 1.87. The second-order valence-corrected chi connectivity index (χ2v) is 5.33. The second-order valence-electron chi connectivity index (χ2n) is 4.32. The topological polar surface area (TPSA) is 116 Å². The van der Waals surface area contributed by atoms with Crippen molar-refractivity contribution < 1.29 is 5.11 Å². The summed E-state index contributed by atoms with van der Waals surface area (Å²) in [5, 5.41) is 13.6. The summed E-state index contributed by atoms with van der Waals surface area (Å²) >= 11 is 1.00. The van der Waals surface area contributed by atoms with E-state index >= 15 is 0 Å². The van der Waals surface area contributed by atoms with Gasteiger partial charge in [0.1, 0.15) is 0 Å². The quantitative estimate of drug-likeness (QED) is 0.638. The van der Waals surface area contributed by atoms with Crippen LogP contribution in [0.4, 0.5) is 5.69 Å². The minimum absolute atomic E-state index is 0.103. The first-order valence-corrected chi connectivity index (χ1v) is 6.91. The highest BCUT2D eigenvalue weighted by Gasteiger charge is 2.13. The maximum atomic E-state index is 12.2. The first-order valence-electron chi connectivity index (χ1n) is 6.09. The van der Waals surface area contributed by atoms with Crippen LogP contribution >= 0.6 is 11.3 Å². The molecule has 0 aliphatic rings. The summed E-state index contributed by atoms with van der Waals surface area (Å²) in [6.45, 7) is 2.67. The van der Waals surface area contributed by atoms with E-state index < -0.39 is 22.7 Å². The number of hydrogen-bond acceptors (Lipinski definition) is 7. The van der Waals surface area contributed by atoms with Gasteiger partial charge in [0.2, 0.25) is 10.8 Å². The highest BCUT2D eigenvalue weighted by atomic mass is 32.1. The van der Waals surface area contributed by atoms with Gasteiger partial charge in [0, 0.05) is 18.3 Å². The van der Waals surface area contributed by atoms with Gasteiger partial charge in [-0.1, -0.05) is 11.3 Å². The van der Waals surface area contributed by atoms with Crippen LogP contribution in [0.5, 0.6) is 5.88 Å². The number of anilines is 1. The van der Waals surface area contributed by atoms with Crippen LogP contribution < -0.4 is 21.4 Å². The third-order valence-corrected chi connectivity index (χ3v) is 3.93. The number of aromatic nitrogens is 4. The van der Waals surface area contributed by atoms with Gasteiger partial charge in [0.25, 0.3) is 11.1 Å². The molecule has 0 unspecified atom stereocenters. The predicted molar refractivity (Wildman–Crippen MR) is 78.4 cm³/mol. The molecular formula is C12H11N5O3S. The molecule has 108 valence electrons. The van der Waals surface area contributed by atoms with Gasteiger partial charge in [-0.25, -0.2) is 4.40 Å². The summed E-state index contributed by atoms with van der Waals surface area (Å²) in [7, 11) is 0. The lowest BCUT2D eigenvalue weighted by atomic mass is 10.3. The third-order valence-electron chi connectivity index (χ3n) is 2.96. The smallest absolute Gasteiger partial charge is 0.288 e. The van der Waals surface area contributed by atoms with Crippen molar-refractivity contribution >= 4 is 28.1 Å². The van der Waals surface area contributed by atoms with Crippen LogP contribution in [0, 0.1) is 0 Å². The molecule has 0 saturated carbocycles. The van der Waals surface area contributed by atoms with Crippen molar-refractivity contribution in [1.29, 1.82) is 0 Å². The van der Waals surface area contributed by atoms with Crippen LogP contribution in [0.1, 0.15) is 12.5 Å². The van der Waals surface area contributed by atoms with Gasteiger partial charge in [0.15, 0.2) is 5.69 Å². The van der Waals surface area contributed by atoms with Crippen LogP contribution in [0.3, 0.4) is 0 Å². The van der Waals surface area contributed by atoms with E-state index in [4.69, 9.17) is 5.73 Å². The van der Waals surface area contributed by atoms with Gasteiger partial charge >= 0.3 is 0 Å². The lowest BCUT2D eigenvalue weighted by molar-refractivity contribution is 0.456. The molecule has 0 aliphatic heterocycles. The fraction of sp³-hybridized carbons (Fsp3) is 0.167. The molecule has 0 aliphatic carbocycles. The van der Waals surface area contributed by atoms with Crippen LogP contribution in [-0.4, -0.2) is 24.3 Å². The van der Waals surface area contributed by atoms with E-state index in [-0.39, 0.29) is 4.96 Å². The Hall–Kier alpha value is -2.68. The number of fused-ring (bicyclic) bond motifs is 1. The lowest BCUT2D eigenvalue weighted by Crippen LogP contribution is -2.32. The van der Waals surface area contributed by atoms with E-state index in [2.05, 4.69) is 10.1 Å². The second kappa shape index (κ2) is 4.70. The van der Waals surface area contributed by atoms with Crippen molar-refractivity contribution in [3.8, 4) is 5.88 Å². The van der Waals surface area contributed by atoms with E-state index in [0.717, 1.165) is 27.8 Å². The zero-order chi connectivity index (χ0) is 15.1. The number of nitrogens with two attached hydrogens (primary N) is 1. The van der Waals surface area contributed by atoms with Gasteiger partial charge in [-0.15, -0.1) is 0 Å². The molecule has 0 radical (unpaired) electrons. The Morgan fingerprint density at radius 1 is 1.43 bits per heavy atom. The Morgan fingerprint density at radius 3 is 2.86 bits per heavy atom. The van der Waals surface area contributed by atoms with E-state index in [9.17, 15) is 14.7 Å². The summed E-state index contributed by atoms with van der Waals surface area (Å²) in [6.07, 6.45) is 5.02. The van der Waals surface area contributed by atoms with Gasteiger partial charge < -0.3 is 10.8 Å². The molecule has 3 aromatic heterocycles. The summed E-state index contributed by atoms with van der Waals surface area (Å²) in [5.41, 5.74) is 4.43. The summed E-state index contributed by atoms with van der Waals surface area (Å²) in [5.74, 6) is -0.563. The molecule has 3 heterocycles. The molecule has 8 nitrogen and oxygen atoms in total. The number of nitrogens with zero attached hydrogens (tertiary/aromatic N) is 4. The number of hydrogen-bond donors (Lipinski definition) is 2. The average Bonchev–Trinajstić information content (AvgIpc) is 3.02. The molecule has 0 aromatic carbocycles. The Labute approximate surface area is 121 Å². The Morgan fingerprint density at radius 2 is 2.19 bits per heavy atom. The molecule has 0 bridgehead atoms. The first-order chi connectivity index (χ1) is 10.0. The van der Waals surface area contributed by atoms with Crippen LogP contribution in [-0.2, 0) is 6.54 Å². The molecule has 0 spiro atoms. The summed E-state index contributed by atoms with van der Waals surface area (Å²) in [6, 6.07) is 0. The summed E-state index contributed by atoms with van der Waals surface area (Å²) < 4.78 is 2.90. The SMILES string of the molecule is CCn1cc(C=c2sc3nc(O)c(N)c(=O)n3c2=O)cn1. The van der Waals surface area contributed by atoms with Gasteiger partial charge in [-0.3, -0.25) is 14.3 Å².